The first-order chi connectivity index (χ1) is 14.3. The summed E-state index contributed by atoms with van der Waals surface area (Å²) in [7, 11) is 0. The Morgan fingerprint density at radius 2 is 2.03 bits per heavy atom. The van der Waals surface area contributed by atoms with Crippen molar-refractivity contribution in [1.29, 1.82) is 0 Å². The van der Waals surface area contributed by atoms with Gasteiger partial charge in [-0.25, -0.2) is 9.78 Å². The molecular weight excluding hydrogens is 450 g/mol. The van der Waals surface area contributed by atoms with Crippen LogP contribution in [0.2, 0.25) is 0 Å². The number of nitrogens with zero attached hydrogens (tertiary/aromatic N) is 3. The SMILES string of the molecule is CC[C@H](C)c1nc2ccc(Br)cc2c(=O)n1N=Cc1ccccc1O[C@H](C)C(=O)O. The van der Waals surface area contributed by atoms with E-state index in [2.05, 4.69) is 26.0 Å². The van der Waals surface area contributed by atoms with E-state index in [-0.39, 0.29) is 11.5 Å². The highest BCUT2D eigenvalue weighted by Gasteiger charge is 2.17. The van der Waals surface area contributed by atoms with E-state index in [1.54, 1.807) is 36.4 Å². The highest BCUT2D eigenvalue weighted by Crippen LogP contribution is 2.22. The van der Waals surface area contributed by atoms with Crippen molar-refractivity contribution in [3.8, 4) is 5.75 Å². The second-order valence-corrected chi connectivity index (χ2v) is 7.85. The average Bonchev–Trinajstić information content (AvgIpc) is 2.73. The zero-order valence-electron chi connectivity index (χ0n) is 16.9. The molecule has 0 fully saturated rings. The van der Waals surface area contributed by atoms with E-state index in [1.807, 2.05) is 19.9 Å². The van der Waals surface area contributed by atoms with Gasteiger partial charge in [-0.2, -0.15) is 9.78 Å². The molecule has 0 aliphatic carbocycles. The molecule has 0 aliphatic heterocycles. The molecule has 0 amide bonds. The lowest BCUT2D eigenvalue weighted by molar-refractivity contribution is -0.144. The smallest absolute Gasteiger partial charge is 0.344 e. The van der Waals surface area contributed by atoms with Crippen LogP contribution in [0.1, 0.15) is 44.5 Å². The van der Waals surface area contributed by atoms with Crippen LogP contribution in [0.5, 0.6) is 5.75 Å². The van der Waals surface area contributed by atoms with Crippen molar-refractivity contribution in [2.45, 2.75) is 39.2 Å². The quantitative estimate of drug-likeness (QED) is 0.515. The van der Waals surface area contributed by atoms with Gasteiger partial charge >= 0.3 is 5.97 Å². The number of fused-ring (bicyclic) bond motifs is 1. The molecule has 30 heavy (non-hydrogen) atoms. The van der Waals surface area contributed by atoms with Gasteiger partial charge in [-0.1, -0.05) is 41.9 Å². The molecule has 3 aromatic rings. The van der Waals surface area contributed by atoms with Crippen LogP contribution in [0.15, 0.2) is 56.8 Å². The summed E-state index contributed by atoms with van der Waals surface area (Å²) in [6.45, 7) is 5.46. The van der Waals surface area contributed by atoms with Crippen molar-refractivity contribution in [3.63, 3.8) is 0 Å². The van der Waals surface area contributed by atoms with Crippen molar-refractivity contribution < 1.29 is 14.6 Å². The standard InChI is InChI=1S/C22H22BrN3O4/c1-4-13(2)20-25-18-10-9-16(23)11-17(18)21(27)26(20)24-12-15-7-5-6-8-19(15)30-14(3)22(28)29/h5-14H,4H2,1-3H3,(H,28,29)/t13-,14+/m0/s1. The zero-order chi connectivity index (χ0) is 21.8. The second kappa shape index (κ2) is 9.21. The molecule has 8 heteroatoms. The van der Waals surface area contributed by atoms with Gasteiger partial charge in [0.05, 0.1) is 17.1 Å². The first-order valence-corrected chi connectivity index (χ1v) is 10.4. The van der Waals surface area contributed by atoms with Crippen LogP contribution in [-0.4, -0.2) is 33.1 Å². The van der Waals surface area contributed by atoms with Gasteiger partial charge in [0, 0.05) is 16.0 Å². The van der Waals surface area contributed by atoms with Gasteiger partial charge in [0.2, 0.25) is 0 Å². The molecule has 7 nitrogen and oxygen atoms in total. The highest BCUT2D eigenvalue weighted by molar-refractivity contribution is 9.10. The molecular formula is C22H22BrN3O4. The average molecular weight is 472 g/mol. The van der Waals surface area contributed by atoms with Crippen molar-refractivity contribution in [2.24, 2.45) is 5.10 Å². The summed E-state index contributed by atoms with van der Waals surface area (Å²) in [6.07, 6.45) is 1.26. The molecule has 0 saturated carbocycles. The van der Waals surface area contributed by atoms with Crippen LogP contribution in [0, 0.1) is 0 Å². The fraction of sp³-hybridized carbons (Fsp3) is 0.273. The Morgan fingerprint density at radius 3 is 2.73 bits per heavy atom. The van der Waals surface area contributed by atoms with Crippen molar-refractivity contribution in [3.05, 3.63) is 68.7 Å². The molecule has 1 N–H and O–H groups in total. The summed E-state index contributed by atoms with van der Waals surface area (Å²) in [6, 6.07) is 12.3. The van der Waals surface area contributed by atoms with E-state index in [4.69, 9.17) is 9.84 Å². The van der Waals surface area contributed by atoms with Gasteiger partial charge in [0.1, 0.15) is 11.6 Å². The molecule has 156 valence electrons. The molecule has 0 radical (unpaired) electrons. The number of rotatable bonds is 7. The zero-order valence-corrected chi connectivity index (χ0v) is 18.5. The number of halogens is 1. The van der Waals surface area contributed by atoms with Crippen LogP contribution < -0.4 is 10.3 Å². The summed E-state index contributed by atoms with van der Waals surface area (Å²) in [4.78, 5) is 29.0. The monoisotopic (exact) mass is 471 g/mol. The van der Waals surface area contributed by atoms with Crippen molar-refractivity contribution >= 4 is 39.0 Å². The van der Waals surface area contributed by atoms with Crippen LogP contribution >= 0.6 is 15.9 Å². The van der Waals surface area contributed by atoms with E-state index < -0.39 is 12.1 Å². The Bertz CT molecular complexity index is 1170. The van der Waals surface area contributed by atoms with E-state index in [1.165, 1.54) is 17.8 Å². The summed E-state index contributed by atoms with van der Waals surface area (Å²) in [5.41, 5.74) is 0.899. The Morgan fingerprint density at radius 1 is 1.30 bits per heavy atom. The number of ether oxygens (including phenoxy) is 1. The predicted octanol–water partition coefficient (Wildman–Crippen LogP) is 4.41. The fourth-order valence-corrected chi connectivity index (χ4v) is 3.20. The van der Waals surface area contributed by atoms with Gasteiger partial charge in [-0.05, 0) is 43.7 Å². The number of hydrogen-bond donors (Lipinski definition) is 1. The Labute approximate surface area is 182 Å². The minimum atomic E-state index is -1.07. The molecule has 2 aromatic carbocycles. The van der Waals surface area contributed by atoms with Crippen LogP contribution in [0.4, 0.5) is 0 Å². The molecule has 3 rings (SSSR count). The van der Waals surface area contributed by atoms with Gasteiger partial charge < -0.3 is 9.84 Å². The maximum atomic E-state index is 13.2. The first-order valence-electron chi connectivity index (χ1n) is 9.56. The Kier molecular flexibility index (Phi) is 6.66. The molecule has 2 atom stereocenters. The molecule has 0 bridgehead atoms. The van der Waals surface area contributed by atoms with E-state index in [9.17, 15) is 9.59 Å². The number of para-hydroxylation sites is 1. The fourth-order valence-electron chi connectivity index (χ4n) is 2.83. The molecule has 1 heterocycles. The highest BCUT2D eigenvalue weighted by atomic mass is 79.9. The maximum Gasteiger partial charge on any atom is 0.344 e. The second-order valence-electron chi connectivity index (χ2n) is 6.94. The minimum Gasteiger partial charge on any atom is -0.479 e. The van der Waals surface area contributed by atoms with Gasteiger partial charge in [-0.3, -0.25) is 4.79 Å². The van der Waals surface area contributed by atoms with E-state index in [0.29, 0.717) is 28.0 Å². The third-order valence-electron chi connectivity index (χ3n) is 4.77. The van der Waals surface area contributed by atoms with Gasteiger partial charge in [0.25, 0.3) is 5.56 Å². The first kappa shape index (κ1) is 21.7. The number of aromatic nitrogens is 2. The number of carboxylic acids is 1. The summed E-state index contributed by atoms with van der Waals surface area (Å²) in [5, 5.41) is 14.0. The van der Waals surface area contributed by atoms with Gasteiger partial charge in [-0.15, -0.1) is 0 Å². The molecule has 0 saturated heterocycles. The third kappa shape index (κ3) is 4.59. The molecule has 0 spiro atoms. The summed E-state index contributed by atoms with van der Waals surface area (Å²) < 4.78 is 7.60. The molecule has 1 aromatic heterocycles. The number of benzene rings is 2. The summed E-state index contributed by atoms with van der Waals surface area (Å²) in [5.74, 6) is -0.126. The van der Waals surface area contributed by atoms with Crippen molar-refractivity contribution in [2.75, 3.05) is 0 Å². The van der Waals surface area contributed by atoms with E-state index >= 15 is 0 Å². The van der Waals surface area contributed by atoms with Crippen LogP contribution in [0.3, 0.4) is 0 Å². The number of carboxylic acid groups (broad SMARTS) is 1. The largest absolute Gasteiger partial charge is 0.479 e. The lowest BCUT2D eigenvalue weighted by Gasteiger charge is -2.15. The number of carbonyl (C=O) groups is 1. The normalized spacial score (nSPS) is 13.5. The maximum absolute atomic E-state index is 13.2. The molecule has 0 aliphatic rings. The van der Waals surface area contributed by atoms with Crippen LogP contribution in [-0.2, 0) is 4.79 Å². The third-order valence-corrected chi connectivity index (χ3v) is 5.26. The van der Waals surface area contributed by atoms with E-state index in [0.717, 1.165) is 10.9 Å². The lowest BCUT2D eigenvalue weighted by Crippen LogP contribution is -2.24. The van der Waals surface area contributed by atoms with Gasteiger partial charge in [0.15, 0.2) is 6.10 Å². The minimum absolute atomic E-state index is 0.0152. The van der Waals surface area contributed by atoms with Crippen molar-refractivity contribution in [1.82, 2.24) is 9.66 Å². The Balaban J connectivity index is 2.11. The predicted molar refractivity (Wildman–Crippen MR) is 120 cm³/mol. The lowest BCUT2D eigenvalue weighted by atomic mass is 10.1. The number of aliphatic carboxylic acids is 1. The topological polar surface area (TPSA) is 93.8 Å². The number of hydrogen-bond acceptors (Lipinski definition) is 5. The Hall–Kier alpha value is -3.00. The molecule has 0 unspecified atom stereocenters. The summed E-state index contributed by atoms with van der Waals surface area (Å²) >= 11 is 3.39. The van der Waals surface area contributed by atoms with Crippen LogP contribution in [0.25, 0.3) is 10.9 Å².